The predicted molar refractivity (Wildman–Crippen MR) is 66.0 cm³/mol. The van der Waals surface area contributed by atoms with Gasteiger partial charge in [0, 0.05) is 25.4 Å². The lowest BCUT2D eigenvalue weighted by molar-refractivity contribution is -0.0482. The topological polar surface area (TPSA) is 80.2 Å². The smallest absolute Gasteiger partial charge is 0.124 e. The van der Waals surface area contributed by atoms with E-state index in [1.165, 1.54) is 0 Å². The Balaban J connectivity index is 1.63. The number of nitrogens with zero attached hydrogens (tertiary/aromatic N) is 5. The maximum absolute atomic E-state index is 10.7. The fraction of sp³-hybridized carbons (Fsp3) is 0.583. The van der Waals surface area contributed by atoms with Crippen LogP contribution in [-0.2, 0) is 13.1 Å². The number of aromatic nitrogens is 4. The number of hydrogen-bond donors (Lipinski definition) is 1. The molecule has 3 rings (SSSR count). The Kier molecular flexibility index (Phi) is 3.31. The molecule has 2 aromatic heterocycles. The largest absolute Gasteiger partial charge is 0.387 e. The molecule has 2 aromatic rings. The highest BCUT2D eigenvalue weighted by Crippen LogP contribution is 2.23. The first-order valence-electron chi connectivity index (χ1n) is 6.42. The summed E-state index contributed by atoms with van der Waals surface area (Å²) >= 11 is 0. The summed E-state index contributed by atoms with van der Waals surface area (Å²) in [6, 6.07) is 1.85. The van der Waals surface area contributed by atoms with Crippen LogP contribution in [0.4, 0.5) is 0 Å². The van der Waals surface area contributed by atoms with E-state index < -0.39 is 5.60 Å². The zero-order valence-electron chi connectivity index (χ0n) is 10.6. The Hall–Kier alpha value is -1.73. The van der Waals surface area contributed by atoms with Gasteiger partial charge in [-0.05, 0) is 19.4 Å². The molecule has 1 fully saturated rings. The number of β-amino-alcohol motifs (C(OH)–C–C–N with tert-alkyl or cyclic N) is 1. The molecule has 0 spiro atoms. The van der Waals surface area contributed by atoms with Gasteiger partial charge in [0.15, 0.2) is 0 Å². The van der Waals surface area contributed by atoms with Gasteiger partial charge in [-0.1, -0.05) is 10.4 Å². The third-order valence-electron chi connectivity index (χ3n) is 3.44. The van der Waals surface area contributed by atoms with Gasteiger partial charge < -0.3 is 9.63 Å². The first-order chi connectivity index (χ1) is 9.23. The summed E-state index contributed by atoms with van der Waals surface area (Å²) in [4.78, 5) is 2.19. The lowest BCUT2D eigenvalue weighted by Crippen LogP contribution is -2.50. The van der Waals surface area contributed by atoms with E-state index in [1.54, 1.807) is 23.3 Å². The van der Waals surface area contributed by atoms with Crippen LogP contribution in [0.1, 0.15) is 18.5 Å². The lowest BCUT2D eigenvalue weighted by Gasteiger charge is -2.38. The molecule has 0 aliphatic carbocycles. The average molecular weight is 263 g/mol. The Bertz CT molecular complexity index is 498. The summed E-state index contributed by atoms with van der Waals surface area (Å²) in [6.45, 7) is 2.75. The molecule has 0 aromatic carbocycles. The van der Waals surface area contributed by atoms with Crippen LogP contribution in [0.3, 0.4) is 0 Å². The minimum atomic E-state index is -0.754. The summed E-state index contributed by atoms with van der Waals surface area (Å²) in [7, 11) is 0. The molecule has 1 aliphatic rings. The molecule has 1 saturated heterocycles. The first kappa shape index (κ1) is 12.3. The van der Waals surface area contributed by atoms with Gasteiger partial charge in [-0.25, -0.2) is 4.68 Å². The maximum atomic E-state index is 10.7. The molecule has 1 aliphatic heterocycles. The van der Waals surface area contributed by atoms with Crippen LogP contribution in [0, 0.1) is 0 Å². The van der Waals surface area contributed by atoms with Crippen molar-refractivity contribution in [2.45, 2.75) is 31.5 Å². The van der Waals surface area contributed by atoms with Crippen LogP contribution in [0.15, 0.2) is 29.2 Å². The normalized spacial score (nSPS) is 24.7. The standard InChI is InChI=1S/C12H17N5O2/c18-12(10-17-6-4-13-15-17)3-1-5-16(9-12)8-11-2-7-19-14-11/h2,4,6-7,18H,1,3,5,8-10H2. The molecule has 0 bridgehead atoms. The Labute approximate surface area is 110 Å². The zero-order chi connectivity index (χ0) is 13.1. The van der Waals surface area contributed by atoms with Gasteiger partial charge in [-0.2, -0.15) is 0 Å². The summed E-state index contributed by atoms with van der Waals surface area (Å²) in [5.74, 6) is 0. The molecule has 7 nitrogen and oxygen atoms in total. The second kappa shape index (κ2) is 5.10. The Morgan fingerprint density at radius 2 is 2.42 bits per heavy atom. The van der Waals surface area contributed by atoms with E-state index in [0.717, 1.165) is 25.1 Å². The van der Waals surface area contributed by atoms with Crippen molar-refractivity contribution < 1.29 is 9.63 Å². The van der Waals surface area contributed by atoms with Crippen molar-refractivity contribution >= 4 is 0 Å². The van der Waals surface area contributed by atoms with Crippen molar-refractivity contribution in [2.24, 2.45) is 0 Å². The highest BCUT2D eigenvalue weighted by atomic mass is 16.5. The van der Waals surface area contributed by atoms with Crippen molar-refractivity contribution in [1.29, 1.82) is 0 Å². The van der Waals surface area contributed by atoms with E-state index in [-0.39, 0.29) is 0 Å². The third-order valence-corrected chi connectivity index (χ3v) is 3.44. The first-order valence-corrected chi connectivity index (χ1v) is 6.42. The molecule has 1 N–H and O–H groups in total. The fourth-order valence-corrected chi connectivity index (χ4v) is 2.64. The Morgan fingerprint density at radius 1 is 1.47 bits per heavy atom. The van der Waals surface area contributed by atoms with Gasteiger partial charge in [0.1, 0.15) is 6.26 Å². The van der Waals surface area contributed by atoms with E-state index >= 15 is 0 Å². The highest BCUT2D eigenvalue weighted by Gasteiger charge is 2.34. The van der Waals surface area contributed by atoms with E-state index in [9.17, 15) is 5.11 Å². The monoisotopic (exact) mass is 263 g/mol. The van der Waals surface area contributed by atoms with E-state index in [1.807, 2.05) is 6.07 Å². The van der Waals surface area contributed by atoms with Crippen molar-refractivity contribution in [1.82, 2.24) is 25.1 Å². The number of rotatable bonds is 4. The van der Waals surface area contributed by atoms with Gasteiger partial charge in [0.25, 0.3) is 0 Å². The third kappa shape index (κ3) is 2.99. The Morgan fingerprint density at radius 3 is 3.16 bits per heavy atom. The summed E-state index contributed by atoms with van der Waals surface area (Å²) < 4.78 is 6.51. The summed E-state index contributed by atoms with van der Waals surface area (Å²) in [6.07, 6.45) is 6.71. The van der Waals surface area contributed by atoms with Crippen molar-refractivity contribution in [3.05, 3.63) is 30.4 Å². The molecule has 0 radical (unpaired) electrons. The second-order valence-corrected chi connectivity index (χ2v) is 5.13. The molecule has 7 heteroatoms. The van der Waals surface area contributed by atoms with Gasteiger partial charge >= 0.3 is 0 Å². The number of hydrogen-bond acceptors (Lipinski definition) is 6. The van der Waals surface area contributed by atoms with Crippen molar-refractivity contribution in [3.8, 4) is 0 Å². The van der Waals surface area contributed by atoms with Crippen LogP contribution in [0.25, 0.3) is 0 Å². The van der Waals surface area contributed by atoms with E-state index in [4.69, 9.17) is 4.52 Å². The molecule has 1 unspecified atom stereocenters. The van der Waals surface area contributed by atoms with Gasteiger partial charge in [0.05, 0.1) is 24.0 Å². The van der Waals surface area contributed by atoms with Crippen LogP contribution in [0.5, 0.6) is 0 Å². The van der Waals surface area contributed by atoms with Crippen molar-refractivity contribution in [3.63, 3.8) is 0 Å². The minimum absolute atomic E-state index is 0.475. The minimum Gasteiger partial charge on any atom is -0.387 e. The van der Waals surface area contributed by atoms with Crippen LogP contribution >= 0.6 is 0 Å². The number of likely N-dealkylation sites (tertiary alicyclic amines) is 1. The fourth-order valence-electron chi connectivity index (χ4n) is 2.64. The maximum Gasteiger partial charge on any atom is 0.124 e. The lowest BCUT2D eigenvalue weighted by atomic mass is 9.92. The zero-order valence-corrected chi connectivity index (χ0v) is 10.6. The molecule has 3 heterocycles. The SMILES string of the molecule is OC1(Cn2ccnn2)CCCN(Cc2ccon2)C1. The van der Waals surface area contributed by atoms with Crippen LogP contribution < -0.4 is 0 Å². The molecule has 102 valence electrons. The molecule has 1 atom stereocenters. The summed E-state index contributed by atoms with van der Waals surface area (Å²) in [5, 5.41) is 22.3. The molecule has 19 heavy (non-hydrogen) atoms. The van der Waals surface area contributed by atoms with Gasteiger partial charge in [-0.15, -0.1) is 5.10 Å². The summed E-state index contributed by atoms with van der Waals surface area (Å²) in [5.41, 5.74) is 0.139. The molecule has 0 amide bonds. The number of piperidine rings is 1. The van der Waals surface area contributed by atoms with Crippen LogP contribution in [0.2, 0.25) is 0 Å². The highest BCUT2D eigenvalue weighted by molar-refractivity contribution is 4.97. The van der Waals surface area contributed by atoms with E-state index in [0.29, 0.717) is 19.6 Å². The molecular formula is C12H17N5O2. The van der Waals surface area contributed by atoms with Gasteiger partial charge in [-0.3, -0.25) is 4.90 Å². The van der Waals surface area contributed by atoms with E-state index in [2.05, 4.69) is 20.4 Å². The number of aliphatic hydroxyl groups is 1. The average Bonchev–Trinajstić information content (AvgIpc) is 3.02. The second-order valence-electron chi connectivity index (χ2n) is 5.13. The predicted octanol–water partition coefficient (Wildman–Crippen LogP) is 0.293. The molecule has 0 saturated carbocycles. The van der Waals surface area contributed by atoms with Gasteiger partial charge in [0.2, 0.25) is 0 Å². The van der Waals surface area contributed by atoms with Crippen LogP contribution in [-0.4, -0.2) is 48.8 Å². The van der Waals surface area contributed by atoms with Crippen molar-refractivity contribution in [2.75, 3.05) is 13.1 Å². The quantitative estimate of drug-likeness (QED) is 0.854. The molecular weight excluding hydrogens is 246 g/mol.